The summed E-state index contributed by atoms with van der Waals surface area (Å²) in [5.74, 6) is 0.803. The fraction of sp³-hybridized carbons (Fsp3) is 0.462. The molecule has 0 saturated carbocycles. The predicted octanol–water partition coefficient (Wildman–Crippen LogP) is 2.81. The summed E-state index contributed by atoms with van der Waals surface area (Å²) in [6.07, 6.45) is 3.68. The zero-order valence-corrected chi connectivity index (χ0v) is 9.20. The Balaban J connectivity index is 2.03. The molecule has 1 aliphatic rings. The molecule has 1 heterocycles. The van der Waals surface area contributed by atoms with E-state index < -0.39 is 0 Å². The van der Waals surface area contributed by atoms with Gasteiger partial charge in [0, 0.05) is 5.56 Å². The Morgan fingerprint density at radius 1 is 1.27 bits per heavy atom. The van der Waals surface area contributed by atoms with Crippen LogP contribution in [-0.4, -0.2) is 19.0 Å². The van der Waals surface area contributed by atoms with E-state index in [9.17, 15) is 0 Å². The third kappa shape index (κ3) is 2.58. The second-order valence-electron chi connectivity index (χ2n) is 3.84. The molecule has 0 aliphatic carbocycles. The highest BCUT2D eigenvalue weighted by molar-refractivity contribution is 5.94. The van der Waals surface area contributed by atoms with Gasteiger partial charge < -0.3 is 4.74 Å². The first-order valence-electron chi connectivity index (χ1n) is 5.66. The van der Waals surface area contributed by atoms with Crippen LogP contribution in [0.2, 0.25) is 0 Å². The molecule has 0 atom stereocenters. The lowest BCUT2D eigenvalue weighted by atomic mass is 10.1. The molecular formula is C13H17NO. The van der Waals surface area contributed by atoms with Crippen molar-refractivity contribution in [2.24, 2.45) is 4.99 Å². The number of benzene rings is 1. The van der Waals surface area contributed by atoms with Gasteiger partial charge in [0.05, 0.1) is 6.54 Å². The monoisotopic (exact) mass is 203 g/mol. The second kappa shape index (κ2) is 4.96. The van der Waals surface area contributed by atoms with Crippen molar-refractivity contribution in [3.63, 3.8) is 0 Å². The molecular weight excluding hydrogens is 186 g/mol. The maximum Gasteiger partial charge on any atom is 0.216 e. The van der Waals surface area contributed by atoms with Crippen molar-refractivity contribution in [2.45, 2.75) is 26.2 Å². The van der Waals surface area contributed by atoms with Gasteiger partial charge in [0.1, 0.15) is 6.61 Å². The maximum atomic E-state index is 5.41. The minimum atomic E-state index is 0.729. The SMILES string of the molecule is CCCCc1ccc(C2=NCCO2)cc1. The first-order chi connectivity index (χ1) is 7.40. The minimum Gasteiger partial charge on any atom is -0.476 e. The van der Waals surface area contributed by atoms with Crippen molar-refractivity contribution in [3.8, 4) is 0 Å². The predicted molar refractivity (Wildman–Crippen MR) is 62.4 cm³/mol. The molecule has 15 heavy (non-hydrogen) atoms. The molecule has 0 bridgehead atoms. The van der Waals surface area contributed by atoms with Crippen LogP contribution in [0.4, 0.5) is 0 Å². The molecule has 0 amide bonds. The lowest BCUT2D eigenvalue weighted by molar-refractivity contribution is 0.348. The lowest BCUT2D eigenvalue weighted by Gasteiger charge is -2.03. The topological polar surface area (TPSA) is 21.6 Å². The van der Waals surface area contributed by atoms with Crippen molar-refractivity contribution in [1.29, 1.82) is 0 Å². The summed E-state index contributed by atoms with van der Waals surface area (Å²) in [6, 6.07) is 8.56. The Kier molecular flexibility index (Phi) is 3.38. The molecule has 2 heteroatoms. The van der Waals surface area contributed by atoms with Gasteiger partial charge in [0.2, 0.25) is 5.90 Å². The van der Waals surface area contributed by atoms with Crippen molar-refractivity contribution in [1.82, 2.24) is 0 Å². The van der Waals surface area contributed by atoms with E-state index in [1.165, 1.54) is 24.8 Å². The standard InChI is InChI=1S/C13H17NO/c1-2-3-4-11-5-7-12(8-6-11)13-14-9-10-15-13/h5-8H,2-4,9-10H2,1H3. The number of ether oxygens (including phenoxy) is 1. The van der Waals surface area contributed by atoms with E-state index in [2.05, 4.69) is 36.2 Å². The number of rotatable bonds is 4. The molecule has 1 aromatic rings. The fourth-order valence-electron chi connectivity index (χ4n) is 1.70. The zero-order valence-electron chi connectivity index (χ0n) is 9.20. The summed E-state index contributed by atoms with van der Waals surface area (Å²) in [5.41, 5.74) is 2.51. The summed E-state index contributed by atoms with van der Waals surface area (Å²) in [7, 11) is 0. The molecule has 0 aromatic heterocycles. The Morgan fingerprint density at radius 2 is 2.07 bits per heavy atom. The molecule has 2 rings (SSSR count). The summed E-state index contributed by atoms with van der Waals surface area (Å²) in [6.45, 7) is 3.75. The average molecular weight is 203 g/mol. The van der Waals surface area contributed by atoms with Gasteiger partial charge in [-0.25, -0.2) is 4.99 Å². The van der Waals surface area contributed by atoms with Crippen molar-refractivity contribution >= 4 is 5.90 Å². The lowest BCUT2D eigenvalue weighted by Crippen LogP contribution is -2.00. The molecule has 2 nitrogen and oxygen atoms in total. The highest BCUT2D eigenvalue weighted by atomic mass is 16.5. The van der Waals surface area contributed by atoms with Crippen LogP contribution in [0, 0.1) is 0 Å². The Hall–Kier alpha value is -1.31. The minimum absolute atomic E-state index is 0.729. The summed E-state index contributed by atoms with van der Waals surface area (Å²) in [5, 5.41) is 0. The molecule has 0 N–H and O–H groups in total. The smallest absolute Gasteiger partial charge is 0.216 e. The molecule has 0 saturated heterocycles. The normalized spacial score (nSPS) is 14.9. The van der Waals surface area contributed by atoms with E-state index in [1.54, 1.807) is 0 Å². The Morgan fingerprint density at radius 3 is 2.67 bits per heavy atom. The van der Waals surface area contributed by atoms with Crippen LogP contribution in [0.15, 0.2) is 29.3 Å². The van der Waals surface area contributed by atoms with Gasteiger partial charge in [-0.1, -0.05) is 25.5 Å². The zero-order chi connectivity index (χ0) is 10.5. The number of aryl methyl sites for hydroxylation is 1. The second-order valence-corrected chi connectivity index (χ2v) is 3.84. The van der Waals surface area contributed by atoms with Crippen LogP contribution in [0.3, 0.4) is 0 Å². The number of aliphatic imine (C=N–C) groups is 1. The first kappa shape index (κ1) is 10.2. The van der Waals surface area contributed by atoms with E-state index in [0.29, 0.717) is 0 Å². The van der Waals surface area contributed by atoms with Gasteiger partial charge in [0.25, 0.3) is 0 Å². The van der Waals surface area contributed by atoms with Crippen LogP contribution < -0.4 is 0 Å². The number of hydrogen-bond donors (Lipinski definition) is 0. The van der Waals surface area contributed by atoms with Crippen molar-refractivity contribution in [2.75, 3.05) is 13.2 Å². The van der Waals surface area contributed by atoms with Crippen LogP contribution in [-0.2, 0) is 11.2 Å². The summed E-state index contributed by atoms with van der Waals surface area (Å²) >= 11 is 0. The number of unbranched alkanes of at least 4 members (excludes halogenated alkanes) is 1. The van der Waals surface area contributed by atoms with Crippen LogP contribution >= 0.6 is 0 Å². The molecule has 0 fully saturated rings. The number of hydrogen-bond acceptors (Lipinski definition) is 2. The Labute approximate surface area is 91.0 Å². The van der Waals surface area contributed by atoms with Crippen LogP contribution in [0.25, 0.3) is 0 Å². The highest BCUT2D eigenvalue weighted by Gasteiger charge is 2.09. The van der Waals surface area contributed by atoms with Crippen molar-refractivity contribution < 1.29 is 4.74 Å². The van der Waals surface area contributed by atoms with Crippen molar-refractivity contribution in [3.05, 3.63) is 35.4 Å². The van der Waals surface area contributed by atoms with E-state index in [1.807, 2.05) is 0 Å². The maximum absolute atomic E-state index is 5.41. The van der Waals surface area contributed by atoms with Gasteiger partial charge in [-0.3, -0.25) is 0 Å². The first-order valence-corrected chi connectivity index (χ1v) is 5.66. The summed E-state index contributed by atoms with van der Waals surface area (Å²) in [4.78, 5) is 4.29. The third-order valence-corrected chi connectivity index (χ3v) is 2.61. The van der Waals surface area contributed by atoms with E-state index in [0.717, 1.165) is 24.6 Å². The quantitative estimate of drug-likeness (QED) is 0.737. The third-order valence-electron chi connectivity index (χ3n) is 2.61. The molecule has 0 unspecified atom stereocenters. The van der Waals surface area contributed by atoms with E-state index in [4.69, 9.17) is 4.74 Å². The van der Waals surface area contributed by atoms with E-state index >= 15 is 0 Å². The molecule has 1 aliphatic heterocycles. The van der Waals surface area contributed by atoms with Crippen LogP contribution in [0.5, 0.6) is 0 Å². The highest BCUT2D eigenvalue weighted by Crippen LogP contribution is 2.11. The summed E-state index contributed by atoms with van der Waals surface area (Å²) < 4.78 is 5.41. The fourth-order valence-corrected chi connectivity index (χ4v) is 1.70. The van der Waals surface area contributed by atoms with Gasteiger partial charge in [-0.2, -0.15) is 0 Å². The van der Waals surface area contributed by atoms with Gasteiger partial charge in [-0.05, 0) is 30.5 Å². The van der Waals surface area contributed by atoms with E-state index in [-0.39, 0.29) is 0 Å². The van der Waals surface area contributed by atoms with Gasteiger partial charge in [-0.15, -0.1) is 0 Å². The molecule has 80 valence electrons. The van der Waals surface area contributed by atoms with Gasteiger partial charge >= 0.3 is 0 Å². The Bertz CT molecular complexity index is 340. The average Bonchev–Trinajstić information content (AvgIpc) is 2.80. The number of nitrogens with zero attached hydrogens (tertiary/aromatic N) is 1. The molecule has 0 radical (unpaired) electrons. The molecule has 1 aromatic carbocycles. The largest absolute Gasteiger partial charge is 0.476 e. The van der Waals surface area contributed by atoms with Gasteiger partial charge in [0.15, 0.2) is 0 Å². The molecule has 0 spiro atoms. The van der Waals surface area contributed by atoms with Crippen LogP contribution in [0.1, 0.15) is 30.9 Å².